The Balaban J connectivity index is 5.76. The molecule has 0 amide bonds. The van der Waals surface area contributed by atoms with Gasteiger partial charge in [-0.3, -0.25) is 0 Å². The van der Waals surface area contributed by atoms with Crippen LogP contribution in [-0.2, 0) is 19.7 Å². The molecule has 0 aliphatic carbocycles. The lowest BCUT2D eigenvalue weighted by atomic mass is 11.3. The monoisotopic (exact) mass is 232 g/mol. The molecule has 0 fully saturated rings. The molecular weight excluding hydrogens is 226 g/mol. The number of alkyl halides is 2. The minimum absolute atomic E-state index is 0.117. The van der Waals surface area contributed by atoms with E-state index in [2.05, 4.69) is 13.2 Å². The van der Waals surface area contributed by atoms with Gasteiger partial charge in [-0.1, -0.05) is 13.2 Å². The number of hydrogen-bond donors (Lipinski definition) is 0. The molecule has 0 saturated heterocycles. The zero-order valence-electron chi connectivity index (χ0n) is 6.27. The van der Waals surface area contributed by atoms with E-state index in [-0.39, 0.29) is 10.8 Å². The van der Waals surface area contributed by atoms with Gasteiger partial charge in [-0.2, -0.15) is 8.78 Å². The summed E-state index contributed by atoms with van der Waals surface area (Å²) in [6, 6.07) is 0. The topological polar surface area (TPSA) is 68.3 Å². The minimum atomic E-state index is -5.20. The summed E-state index contributed by atoms with van der Waals surface area (Å²) in [6.07, 6.45) is 0. The van der Waals surface area contributed by atoms with Crippen LogP contribution < -0.4 is 0 Å². The fourth-order valence-electron chi connectivity index (χ4n) is 0.356. The number of sulfone groups is 2. The van der Waals surface area contributed by atoms with Gasteiger partial charge in [0.1, 0.15) is 0 Å². The van der Waals surface area contributed by atoms with Gasteiger partial charge >= 0.3 is 4.59 Å². The van der Waals surface area contributed by atoms with Gasteiger partial charge in [-0.15, -0.1) is 0 Å². The highest BCUT2D eigenvalue weighted by atomic mass is 32.3. The molecule has 0 saturated carbocycles. The highest BCUT2D eigenvalue weighted by molar-refractivity contribution is 8.12. The van der Waals surface area contributed by atoms with E-state index in [1.165, 1.54) is 0 Å². The Kier molecular flexibility index (Phi) is 3.00. The van der Waals surface area contributed by atoms with Crippen molar-refractivity contribution in [1.82, 2.24) is 0 Å². The molecule has 0 atom stereocenters. The molecule has 0 aromatic rings. The lowest BCUT2D eigenvalue weighted by Crippen LogP contribution is -2.34. The van der Waals surface area contributed by atoms with Crippen LogP contribution in [0.5, 0.6) is 0 Å². The van der Waals surface area contributed by atoms with E-state index >= 15 is 0 Å². The Morgan fingerprint density at radius 3 is 1.31 bits per heavy atom. The van der Waals surface area contributed by atoms with E-state index in [1.807, 2.05) is 0 Å². The van der Waals surface area contributed by atoms with Crippen LogP contribution in [-0.4, -0.2) is 21.4 Å². The zero-order chi connectivity index (χ0) is 10.9. The molecule has 4 nitrogen and oxygen atoms in total. The van der Waals surface area contributed by atoms with Crippen LogP contribution >= 0.6 is 0 Å². The van der Waals surface area contributed by atoms with Gasteiger partial charge in [0.25, 0.3) is 19.7 Å². The first-order chi connectivity index (χ1) is 5.62. The van der Waals surface area contributed by atoms with Gasteiger partial charge in [-0.25, -0.2) is 16.8 Å². The number of hydrogen-bond acceptors (Lipinski definition) is 4. The Morgan fingerprint density at radius 2 is 1.15 bits per heavy atom. The SMILES string of the molecule is C=CS(=O)(=O)C(F)(F)S(=O)(=O)C=C. The molecule has 0 spiro atoms. The number of rotatable bonds is 4. The quantitative estimate of drug-likeness (QED) is 0.713. The van der Waals surface area contributed by atoms with Crippen LogP contribution in [0.15, 0.2) is 24.0 Å². The van der Waals surface area contributed by atoms with Crippen LogP contribution in [0.2, 0.25) is 0 Å². The van der Waals surface area contributed by atoms with Gasteiger partial charge in [0, 0.05) is 10.8 Å². The number of halogens is 2. The minimum Gasteiger partial charge on any atom is -0.217 e. The van der Waals surface area contributed by atoms with Crippen LogP contribution in [0.25, 0.3) is 0 Å². The summed E-state index contributed by atoms with van der Waals surface area (Å²) >= 11 is 0. The first kappa shape index (κ1) is 12.2. The first-order valence-corrected chi connectivity index (χ1v) is 5.83. The largest absolute Gasteiger partial charge is 0.452 e. The predicted molar refractivity (Wildman–Crippen MR) is 43.2 cm³/mol. The second-order valence-corrected chi connectivity index (χ2v) is 6.02. The highest BCUT2D eigenvalue weighted by Crippen LogP contribution is 2.30. The molecule has 76 valence electrons. The van der Waals surface area contributed by atoms with Crippen LogP contribution in [0.3, 0.4) is 0 Å². The van der Waals surface area contributed by atoms with Crippen molar-refractivity contribution in [2.45, 2.75) is 4.59 Å². The van der Waals surface area contributed by atoms with Gasteiger partial charge in [0.15, 0.2) is 0 Å². The molecule has 0 N–H and O–H groups in total. The molecule has 0 aromatic carbocycles. The maximum absolute atomic E-state index is 12.7. The maximum Gasteiger partial charge on any atom is 0.452 e. The molecule has 8 heteroatoms. The predicted octanol–water partition coefficient (Wildman–Crippen LogP) is 0.653. The second kappa shape index (κ2) is 3.18. The maximum atomic E-state index is 12.7. The van der Waals surface area contributed by atoms with Crippen molar-refractivity contribution in [3.63, 3.8) is 0 Å². The molecule has 0 rings (SSSR count). The normalized spacial score (nSPS) is 13.7. The lowest BCUT2D eigenvalue weighted by molar-refractivity contribution is 0.184. The van der Waals surface area contributed by atoms with E-state index in [4.69, 9.17) is 0 Å². The molecule has 0 aliphatic rings. The summed E-state index contributed by atoms with van der Waals surface area (Å²) in [6.45, 7) is 5.16. The molecule has 0 heterocycles. The summed E-state index contributed by atoms with van der Waals surface area (Å²) in [4.78, 5) is 0. The van der Waals surface area contributed by atoms with E-state index in [9.17, 15) is 25.6 Å². The van der Waals surface area contributed by atoms with E-state index < -0.39 is 24.3 Å². The van der Waals surface area contributed by atoms with Crippen molar-refractivity contribution in [2.75, 3.05) is 0 Å². The molecule has 0 unspecified atom stereocenters. The van der Waals surface area contributed by atoms with Gasteiger partial charge < -0.3 is 0 Å². The van der Waals surface area contributed by atoms with Crippen molar-refractivity contribution >= 4 is 19.7 Å². The van der Waals surface area contributed by atoms with Crippen LogP contribution in [0, 0.1) is 0 Å². The highest BCUT2D eigenvalue weighted by Gasteiger charge is 2.54. The zero-order valence-corrected chi connectivity index (χ0v) is 7.91. The average Bonchev–Trinajstić information content (AvgIpc) is 2.03. The third-order valence-corrected chi connectivity index (χ3v) is 4.70. The third-order valence-electron chi connectivity index (χ3n) is 1.10. The second-order valence-electron chi connectivity index (χ2n) is 1.89. The lowest BCUT2D eigenvalue weighted by Gasteiger charge is -2.11. The van der Waals surface area contributed by atoms with E-state index in [1.54, 1.807) is 0 Å². The van der Waals surface area contributed by atoms with Crippen molar-refractivity contribution in [2.24, 2.45) is 0 Å². The first-order valence-electron chi connectivity index (χ1n) is 2.74. The van der Waals surface area contributed by atoms with Gasteiger partial charge in [0.05, 0.1) is 0 Å². The Hall–Kier alpha value is -0.760. The summed E-state index contributed by atoms with van der Waals surface area (Å²) in [7, 11) is -10.4. The molecule has 0 bridgehead atoms. The van der Waals surface area contributed by atoms with Crippen molar-refractivity contribution in [3.8, 4) is 0 Å². The fraction of sp³-hybridized carbons (Fsp3) is 0.200. The smallest absolute Gasteiger partial charge is 0.217 e. The summed E-state index contributed by atoms with van der Waals surface area (Å²) < 4.78 is 62.6. The third kappa shape index (κ3) is 1.78. The van der Waals surface area contributed by atoms with Crippen LogP contribution in [0.4, 0.5) is 8.78 Å². The fourth-order valence-corrected chi connectivity index (χ4v) is 2.45. The van der Waals surface area contributed by atoms with Crippen molar-refractivity contribution in [3.05, 3.63) is 24.0 Å². The standard InChI is InChI=1S/C5H6F2O4S2/c1-3-12(8,9)5(6,7)13(10,11)4-2/h3-4H,1-2H2. The van der Waals surface area contributed by atoms with E-state index in [0.717, 1.165) is 0 Å². The Labute approximate surface area is 74.4 Å². The van der Waals surface area contributed by atoms with E-state index in [0.29, 0.717) is 0 Å². The summed E-state index contributed by atoms with van der Waals surface area (Å²) in [5, 5.41) is -0.234. The van der Waals surface area contributed by atoms with Gasteiger partial charge in [0.2, 0.25) is 0 Å². The molecule has 0 aliphatic heterocycles. The summed E-state index contributed by atoms with van der Waals surface area (Å²) in [5.41, 5.74) is 0. The Morgan fingerprint density at radius 1 is 0.923 bits per heavy atom. The molecule has 13 heavy (non-hydrogen) atoms. The molecule has 0 aromatic heterocycles. The molecule has 0 radical (unpaired) electrons. The summed E-state index contributed by atoms with van der Waals surface area (Å²) in [5.74, 6) is 0. The average molecular weight is 232 g/mol. The Bertz CT molecular complexity index is 377. The van der Waals surface area contributed by atoms with Crippen LogP contribution in [0.1, 0.15) is 0 Å². The molecular formula is C5H6F2O4S2. The van der Waals surface area contributed by atoms with Gasteiger partial charge in [-0.05, 0) is 0 Å². The van der Waals surface area contributed by atoms with Crippen molar-refractivity contribution in [1.29, 1.82) is 0 Å². The van der Waals surface area contributed by atoms with Crippen molar-refractivity contribution < 1.29 is 25.6 Å².